The molecule has 2 heterocycles. The number of carbonyl (C=O) groups is 1. The van der Waals surface area contributed by atoms with E-state index in [1.165, 1.54) is 24.6 Å². The number of anilines is 1. The van der Waals surface area contributed by atoms with Gasteiger partial charge in [-0.15, -0.1) is 10.2 Å². The first-order valence-electron chi connectivity index (χ1n) is 10.7. The number of nitrogens with zero attached hydrogens (tertiary/aromatic N) is 5. The second-order valence-corrected chi connectivity index (χ2v) is 9.59. The Balaban J connectivity index is 1.39. The van der Waals surface area contributed by atoms with Crippen molar-refractivity contribution in [3.63, 3.8) is 0 Å². The van der Waals surface area contributed by atoms with Crippen LogP contribution >= 0.6 is 11.8 Å². The maximum Gasteiger partial charge on any atom is 0.231 e. The number of nitrogens with one attached hydrogen (secondary N) is 1. The lowest BCUT2D eigenvalue weighted by Gasteiger charge is -2.31. The molecule has 2 aliphatic carbocycles. The van der Waals surface area contributed by atoms with Crippen LogP contribution in [0.15, 0.2) is 5.16 Å². The van der Waals surface area contributed by atoms with Crippen LogP contribution in [0.1, 0.15) is 70.8 Å². The van der Waals surface area contributed by atoms with Crippen LogP contribution in [0.2, 0.25) is 0 Å². The maximum atomic E-state index is 12.5. The summed E-state index contributed by atoms with van der Waals surface area (Å²) in [6, 6.07) is 2.83. The van der Waals surface area contributed by atoms with Crippen LogP contribution < -0.4 is 10.2 Å². The van der Waals surface area contributed by atoms with E-state index in [1.807, 2.05) is 0 Å². The highest BCUT2D eigenvalue weighted by molar-refractivity contribution is 7.99. The summed E-state index contributed by atoms with van der Waals surface area (Å²) in [5, 5.41) is 22.3. The van der Waals surface area contributed by atoms with E-state index in [1.54, 1.807) is 0 Å². The molecule has 0 spiro atoms. The van der Waals surface area contributed by atoms with Gasteiger partial charge in [0.25, 0.3) is 0 Å². The van der Waals surface area contributed by atoms with Crippen molar-refractivity contribution < 1.29 is 4.79 Å². The summed E-state index contributed by atoms with van der Waals surface area (Å²) in [5.41, 5.74) is -0.671. The van der Waals surface area contributed by atoms with E-state index >= 15 is 0 Å². The number of amides is 1. The lowest BCUT2D eigenvalue weighted by atomic mass is 9.83. The zero-order chi connectivity index (χ0) is 19.6. The van der Waals surface area contributed by atoms with E-state index < -0.39 is 5.54 Å². The molecule has 1 amide bonds. The molecule has 3 fully saturated rings. The van der Waals surface area contributed by atoms with E-state index in [9.17, 15) is 10.1 Å². The highest BCUT2D eigenvalue weighted by Crippen LogP contribution is 2.41. The summed E-state index contributed by atoms with van der Waals surface area (Å²) in [7, 11) is 0. The molecule has 3 aliphatic rings. The van der Waals surface area contributed by atoms with Gasteiger partial charge in [0.05, 0.1) is 11.8 Å². The Labute approximate surface area is 171 Å². The van der Waals surface area contributed by atoms with Gasteiger partial charge in [-0.05, 0) is 44.4 Å². The first-order valence-corrected chi connectivity index (χ1v) is 11.6. The fourth-order valence-corrected chi connectivity index (χ4v) is 5.10. The molecule has 0 unspecified atom stereocenters. The molecule has 1 aliphatic heterocycles. The summed E-state index contributed by atoms with van der Waals surface area (Å²) < 4.78 is 2.24. The van der Waals surface area contributed by atoms with E-state index in [4.69, 9.17) is 0 Å². The van der Waals surface area contributed by atoms with E-state index in [0.29, 0.717) is 6.04 Å². The van der Waals surface area contributed by atoms with Crippen LogP contribution in [0, 0.1) is 17.2 Å². The molecule has 8 heteroatoms. The maximum absolute atomic E-state index is 12.5. The minimum absolute atomic E-state index is 0.0767. The lowest BCUT2D eigenvalue weighted by molar-refractivity contribution is -0.120. The number of rotatable bonds is 6. The molecule has 28 heavy (non-hydrogen) atoms. The van der Waals surface area contributed by atoms with Gasteiger partial charge in [-0.25, -0.2) is 0 Å². The van der Waals surface area contributed by atoms with Crippen molar-refractivity contribution in [2.24, 2.45) is 5.92 Å². The molecule has 1 saturated heterocycles. The van der Waals surface area contributed by atoms with Gasteiger partial charge in [-0.1, -0.05) is 37.9 Å². The standard InChI is InChI=1S/C20H30N6OS/c1-15-7-11-25(12-8-15)18-23-24-19(26(18)16-5-6-16)28-13-17(27)22-20(14-21)9-3-2-4-10-20/h15-16H,2-13H2,1H3,(H,22,27). The Morgan fingerprint density at radius 1 is 1.21 bits per heavy atom. The van der Waals surface area contributed by atoms with Gasteiger partial charge < -0.3 is 10.2 Å². The van der Waals surface area contributed by atoms with Crippen molar-refractivity contribution in [2.45, 2.75) is 81.4 Å². The SMILES string of the molecule is CC1CCN(c2nnc(SCC(=O)NC3(C#N)CCCCC3)n2C2CC2)CC1. The van der Waals surface area contributed by atoms with Crippen molar-refractivity contribution in [1.29, 1.82) is 5.26 Å². The van der Waals surface area contributed by atoms with Gasteiger partial charge >= 0.3 is 0 Å². The van der Waals surface area contributed by atoms with Gasteiger partial charge in [0.1, 0.15) is 5.54 Å². The second kappa shape index (κ2) is 8.32. The molecular formula is C20H30N6OS. The Morgan fingerprint density at radius 2 is 1.93 bits per heavy atom. The number of hydrogen-bond donors (Lipinski definition) is 1. The Bertz CT molecular complexity index is 738. The molecule has 1 aromatic rings. The minimum Gasteiger partial charge on any atom is -0.341 e. The predicted octanol–water partition coefficient (Wildman–Crippen LogP) is 3.28. The number of carbonyl (C=O) groups excluding carboxylic acids is 1. The number of piperidine rings is 1. The largest absolute Gasteiger partial charge is 0.341 e. The lowest BCUT2D eigenvalue weighted by Crippen LogP contribution is -2.49. The topological polar surface area (TPSA) is 86.8 Å². The van der Waals surface area contributed by atoms with Gasteiger partial charge in [-0.2, -0.15) is 5.26 Å². The monoisotopic (exact) mass is 402 g/mol. The second-order valence-electron chi connectivity index (χ2n) is 8.64. The highest BCUT2D eigenvalue weighted by atomic mass is 32.2. The quantitative estimate of drug-likeness (QED) is 0.735. The molecular weight excluding hydrogens is 372 g/mol. The minimum atomic E-state index is -0.671. The summed E-state index contributed by atoms with van der Waals surface area (Å²) in [4.78, 5) is 14.9. The van der Waals surface area contributed by atoms with Crippen molar-refractivity contribution in [1.82, 2.24) is 20.1 Å². The fraction of sp³-hybridized carbons (Fsp3) is 0.800. The Morgan fingerprint density at radius 3 is 2.57 bits per heavy atom. The van der Waals surface area contributed by atoms with E-state index in [2.05, 4.69) is 38.0 Å². The van der Waals surface area contributed by atoms with Crippen molar-refractivity contribution in [2.75, 3.05) is 23.7 Å². The molecule has 0 atom stereocenters. The molecule has 0 bridgehead atoms. The number of thioether (sulfide) groups is 1. The molecule has 152 valence electrons. The van der Waals surface area contributed by atoms with Crippen molar-refractivity contribution >= 4 is 23.6 Å². The normalized spacial score (nSPS) is 22.6. The van der Waals surface area contributed by atoms with Gasteiger partial charge in [0.2, 0.25) is 11.9 Å². The number of aromatic nitrogens is 3. The van der Waals surface area contributed by atoms with Crippen molar-refractivity contribution in [3.8, 4) is 6.07 Å². The zero-order valence-electron chi connectivity index (χ0n) is 16.7. The fourth-order valence-electron chi connectivity index (χ4n) is 4.30. The van der Waals surface area contributed by atoms with E-state index in [0.717, 1.165) is 75.1 Å². The molecule has 0 aromatic carbocycles. The molecule has 0 radical (unpaired) electrons. The van der Waals surface area contributed by atoms with Crippen LogP contribution in [0.25, 0.3) is 0 Å². The third-order valence-electron chi connectivity index (χ3n) is 6.26. The van der Waals surface area contributed by atoms with Gasteiger partial charge in [0.15, 0.2) is 5.16 Å². The summed E-state index contributed by atoms with van der Waals surface area (Å²) >= 11 is 1.45. The number of hydrogen-bond acceptors (Lipinski definition) is 6. The van der Waals surface area contributed by atoms with Crippen LogP contribution in [-0.4, -0.2) is 45.1 Å². The number of nitriles is 1. The van der Waals surface area contributed by atoms with Crippen LogP contribution in [-0.2, 0) is 4.79 Å². The molecule has 4 rings (SSSR count). The summed E-state index contributed by atoms with van der Waals surface area (Å²) in [5.74, 6) is 1.95. The first kappa shape index (κ1) is 19.6. The van der Waals surface area contributed by atoms with Crippen LogP contribution in [0.4, 0.5) is 5.95 Å². The van der Waals surface area contributed by atoms with Crippen molar-refractivity contribution in [3.05, 3.63) is 0 Å². The average Bonchev–Trinajstić information content (AvgIpc) is 3.47. The van der Waals surface area contributed by atoms with Gasteiger partial charge in [0, 0.05) is 19.1 Å². The Hall–Kier alpha value is -1.75. The highest BCUT2D eigenvalue weighted by Gasteiger charge is 2.35. The summed E-state index contributed by atoms with van der Waals surface area (Å²) in [6.07, 6.45) is 9.39. The molecule has 1 N–H and O–H groups in total. The molecule has 7 nitrogen and oxygen atoms in total. The Kier molecular flexibility index (Phi) is 5.81. The average molecular weight is 403 g/mol. The van der Waals surface area contributed by atoms with Crippen LogP contribution in [0.5, 0.6) is 0 Å². The predicted molar refractivity (Wildman–Crippen MR) is 109 cm³/mol. The summed E-state index contributed by atoms with van der Waals surface area (Å²) in [6.45, 7) is 4.37. The zero-order valence-corrected chi connectivity index (χ0v) is 17.5. The van der Waals surface area contributed by atoms with Crippen LogP contribution in [0.3, 0.4) is 0 Å². The third kappa shape index (κ3) is 4.29. The smallest absolute Gasteiger partial charge is 0.231 e. The first-order chi connectivity index (χ1) is 13.6. The third-order valence-corrected chi connectivity index (χ3v) is 7.20. The molecule has 1 aromatic heterocycles. The van der Waals surface area contributed by atoms with E-state index in [-0.39, 0.29) is 11.7 Å². The van der Waals surface area contributed by atoms with Gasteiger partial charge in [-0.3, -0.25) is 9.36 Å². The molecule has 2 saturated carbocycles.